The lowest BCUT2D eigenvalue weighted by Crippen LogP contribution is -2.37. The molecule has 1 saturated heterocycles. The van der Waals surface area contributed by atoms with Gasteiger partial charge in [-0.25, -0.2) is 0 Å². The van der Waals surface area contributed by atoms with Gasteiger partial charge < -0.3 is 10.6 Å². The van der Waals surface area contributed by atoms with Crippen molar-refractivity contribution in [3.8, 4) is 0 Å². The summed E-state index contributed by atoms with van der Waals surface area (Å²) in [6.07, 6.45) is 2.82. The summed E-state index contributed by atoms with van der Waals surface area (Å²) < 4.78 is 0. The van der Waals surface area contributed by atoms with Gasteiger partial charge in [-0.1, -0.05) is 30.3 Å². The lowest BCUT2D eigenvalue weighted by atomic mass is 10.1. The van der Waals surface area contributed by atoms with Gasteiger partial charge in [0.05, 0.1) is 0 Å². The first-order chi connectivity index (χ1) is 9.25. The molecule has 0 radical (unpaired) electrons. The molecular formula is C15H21ClN2O2. The van der Waals surface area contributed by atoms with E-state index in [1.54, 1.807) is 12.1 Å². The molecule has 0 spiro atoms. The second-order valence-corrected chi connectivity index (χ2v) is 4.89. The number of rotatable bonds is 6. The average Bonchev–Trinajstić information content (AvgIpc) is 2.96. The van der Waals surface area contributed by atoms with Gasteiger partial charge in [0.1, 0.15) is 0 Å². The molecule has 2 rings (SSSR count). The third-order valence-corrected chi connectivity index (χ3v) is 3.38. The van der Waals surface area contributed by atoms with Gasteiger partial charge in [0, 0.05) is 31.0 Å². The Kier molecular flexibility index (Phi) is 7.26. The Balaban J connectivity index is 0.00000200. The van der Waals surface area contributed by atoms with E-state index in [1.807, 2.05) is 18.2 Å². The summed E-state index contributed by atoms with van der Waals surface area (Å²) in [6, 6.07) is 9.50. The van der Waals surface area contributed by atoms with Crippen molar-refractivity contribution >= 4 is 24.1 Å². The average molecular weight is 297 g/mol. The SMILES string of the molecule is Cl.O=C(CCC(=O)c1ccccc1)NCC1CCCN1. The van der Waals surface area contributed by atoms with Gasteiger partial charge in [0.2, 0.25) is 5.91 Å². The van der Waals surface area contributed by atoms with E-state index >= 15 is 0 Å². The molecule has 5 heteroatoms. The Morgan fingerprint density at radius 2 is 1.95 bits per heavy atom. The van der Waals surface area contributed by atoms with E-state index in [0.29, 0.717) is 18.2 Å². The van der Waals surface area contributed by atoms with Crippen molar-refractivity contribution in [2.24, 2.45) is 0 Å². The monoisotopic (exact) mass is 296 g/mol. The van der Waals surface area contributed by atoms with Crippen LogP contribution in [0.25, 0.3) is 0 Å². The molecule has 1 aliphatic rings. The molecule has 0 aromatic heterocycles. The number of hydrogen-bond acceptors (Lipinski definition) is 3. The van der Waals surface area contributed by atoms with Gasteiger partial charge in [-0.3, -0.25) is 9.59 Å². The minimum absolute atomic E-state index is 0. The van der Waals surface area contributed by atoms with Gasteiger partial charge in [-0.05, 0) is 19.4 Å². The molecule has 2 N–H and O–H groups in total. The summed E-state index contributed by atoms with van der Waals surface area (Å²) in [5.74, 6) is -0.0206. The molecule has 1 heterocycles. The number of benzene rings is 1. The van der Waals surface area contributed by atoms with Crippen molar-refractivity contribution < 1.29 is 9.59 Å². The lowest BCUT2D eigenvalue weighted by molar-refractivity contribution is -0.121. The first-order valence-corrected chi connectivity index (χ1v) is 6.84. The lowest BCUT2D eigenvalue weighted by Gasteiger charge is -2.11. The predicted molar refractivity (Wildman–Crippen MR) is 81.3 cm³/mol. The van der Waals surface area contributed by atoms with E-state index in [-0.39, 0.29) is 36.9 Å². The van der Waals surface area contributed by atoms with Crippen LogP contribution in [-0.4, -0.2) is 30.8 Å². The molecule has 20 heavy (non-hydrogen) atoms. The molecule has 1 aliphatic heterocycles. The number of carbonyl (C=O) groups excluding carboxylic acids is 2. The Morgan fingerprint density at radius 3 is 2.60 bits per heavy atom. The van der Waals surface area contributed by atoms with E-state index in [9.17, 15) is 9.59 Å². The highest BCUT2D eigenvalue weighted by Gasteiger charge is 2.15. The van der Waals surface area contributed by atoms with Crippen LogP contribution >= 0.6 is 12.4 Å². The zero-order valence-corrected chi connectivity index (χ0v) is 12.2. The number of carbonyl (C=O) groups is 2. The zero-order chi connectivity index (χ0) is 13.5. The highest BCUT2D eigenvalue weighted by Crippen LogP contribution is 2.06. The van der Waals surface area contributed by atoms with Gasteiger partial charge >= 0.3 is 0 Å². The highest BCUT2D eigenvalue weighted by molar-refractivity contribution is 5.97. The second-order valence-electron chi connectivity index (χ2n) is 4.89. The number of amides is 1. The smallest absolute Gasteiger partial charge is 0.220 e. The Bertz CT molecular complexity index is 431. The second kappa shape index (κ2) is 8.72. The molecule has 1 amide bonds. The zero-order valence-electron chi connectivity index (χ0n) is 11.4. The summed E-state index contributed by atoms with van der Waals surface area (Å²) in [5, 5.41) is 6.20. The van der Waals surface area contributed by atoms with E-state index in [0.717, 1.165) is 13.0 Å². The van der Waals surface area contributed by atoms with E-state index in [4.69, 9.17) is 0 Å². The summed E-state index contributed by atoms with van der Waals surface area (Å²) in [5.41, 5.74) is 0.674. The van der Waals surface area contributed by atoms with E-state index in [2.05, 4.69) is 10.6 Å². The van der Waals surface area contributed by atoms with Crippen molar-refractivity contribution in [1.82, 2.24) is 10.6 Å². The van der Waals surface area contributed by atoms with Crippen molar-refractivity contribution in [3.05, 3.63) is 35.9 Å². The van der Waals surface area contributed by atoms with Gasteiger partial charge in [-0.2, -0.15) is 0 Å². The molecule has 0 aliphatic carbocycles. The summed E-state index contributed by atoms with van der Waals surface area (Å²) in [4.78, 5) is 23.5. The van der Waals surface area contributed by atoms with Crippen LogP contribution in [0.3, 0.4) is 0 Å². The molecule has 0 bridgehead atoms. The Morgan fingerprint density at radius 1 is 1.20 bits per heavy atom. The molecule has 1 aromatic carbocycles. The number of hydrogen-bond donors (Lipinski definition) is 2. The maximum atomic E-state index is 11.8. The fourth-order valence-corrected chi connectivity index (χ4v) is 2.25. The van der Waals surface area contributed by atoms with Crippen molar-refractivity contribution in [2.75, 3.05) is 13.1 Å². The first kappa shape index (κ1) is 16.7. The molecule has 1 atom stereocenters. The number of halogens is 1. The molecule has 0 saturated carbocycles. The Hall–Kier alpha value is -1.39. The number of ketones is 1. The van der Waals surface area contributed by atoms with Crippen LogP contribution in [0.2, 0.25) is 0 Å². The van der Waals surface area contributed by atoms with Crippen molar-refractivity contribution in [3.63, 3.8) is 0 Å². The van der Waals surface area contributed by atoms with Crippen LogP contribution in [0.5, 0.6) is 0 Å². The number of nitrogens with one attached hydrogen (secondary N) is 2. The minimum Gasteiger partial charge on any atom is -0.355 e. The normalized spacial score (nSPS) is 17.3. The number of Topliss-reactive ketones (excluding diaryl/α,β-unsaturated/α-hetero) is 1. The molecule has 1 aromatic rings. The maximum absolute atomic E-state index is 11.8. The summed E-state index contributed by atoms with van der Waals surface area (Å²) in [7, 11) is 0. The van der Waals surface area contributed by atoms with Crippen molar-refractivity contribution in [2.45, 2.75) is 31.7 Å². The Labute approximate surface area is 125 Å². The van der Waals surface area contributed by atoms with Crippen LogP contribution in [0.4, 0.5) is 0 Å². The van der Waals surface area contributed by atoms with Crippen LogP contribution in [0, 0.1) is 0 Å². The molecule has 4 nitrogen and oxygen atoms in total. The van der Waals surface area contributed by atoms with Crippen LogP contribution < -0.4 is 10.6 Å². The van der Waals surface area contributed by atoms with Gasteiger partial charge in [0.25, 0.3) is 0 Å². The molecule has 110 valence electrons. The molecule has 1 fully saturated rings. The maximum Gasteiger partial charge on any atom is 0.220 e. The van der Waals surface area contributed by atoms with E-state index in [1.165, 1.54) is 6.42 Å². The third-order valence-electron chi connectivity index (χ3n) is 3.38. The van der Waals surface area contributed by atoms with Crippen LogP contribution in [0.15, 0.2) is 30.3 Å². The fraction of sp³-hybridized carbons (Fsp3) is 0.467. The standard InChI is InChI=1S/C15H20N2O2.ClH/c18-14(12-5-2-1-3-6-12)8-9-15(19)17-11-13-7-4-10-16-13;/h1-3,5-6,13,16H,4,7-11H2,(H,17,19);1H. The first-order valence-electron chi connectivity index (χ1n) is 6.84. The molecular weight excluding hydrogens is 276 g/mol. The third kappa shape index (κ3) is 5.31. The highest BCUT2D eigenvalue weighted by atomic mass is 35.5. The minimum atomic E-state index is -0.0435. The van der Waals surface area contributed by atoms with E-state index < -0.39 is 0 Å². The summed E-state index contributed by atoms with van der Waals surface area (Å²) >= 11 is 0. The van der Waals surface area contributed by atoms with Crippen LogP contribution in [-0.2, 0) is 4.79 Å². The predicted octanol–water partition coefficient (Wildman–Crippen LogP) is 1.94. The summed E-state index contributed by atoms with van der Waals surface area (Å²) in [6.45, 7) is 1.70. The van der Waals surface area contributed by atoms with Crippen LogP contribution in [0.1, 0.15) is 36.0 Å². The van der Waals surface area contributed by atoms with Gasteiger partial charge in [0.15, 0.2) is 5.78 Å². The quantitative estimate of drug-likeness (QED) is 0.789. The molecule has 1 unspecified atom stereocenters. The largest absolute Gasteiger partial charge is 0.355 e. The topological polar surface area (TPSA) is 58.2 Å². The van der Waals surface area contributed by atoms with Gasteiger partial charge in [-0.15, -0.1) is 12.4 Å². The fourth-order valence-electron chi connectivity index (χ4n) is 2.25. The van der Waals surface area contributed by atoms with Crippen molar-refractivity contribution in [1.29, 1.82) is 0 Å².